The highest BCUT2D eigenvalue weighted by Crippen LogP contribution is 2.33. The number of nitrogens with two attached hydrogens (primary N) is 1. The molecule has 2 atom stereocenters. The molecule has 5 nitrogen and oxygen atoms in total. The van der Waals surface area contributed by atoms with Crippen molar-refractivity contribution >= 4 is 11.9 Å². The van der Waals surface area contributed by atoms with Crippen LogP contribution in [0.3, 0.4) is 0 Å². The number of aliphatic carboxylic acids is 2. The standard InChI is InChI=1S/C16H29NO4/c17-16(15(20)21)12-8-4-3-6-10-13(16)9-5-1-2-7-11-14(18)19/h13H,1-12,17H2,(H,18,19)(H,20,21). The second kappa shape index (κ2) is 9.03. The Labute approximate surface area is 126 Å². The molecule has 0 amide bonds. The topological polar surface area (TPSA) is 101 Å². The van der Waals surface area contributed by atoms with Crippen LogP contribution in [0.4, 0.5) is 0 Å². The quantitative estimate of drug-likeness (QED) is 0.598. The lowest BCUT2D eigenvalue weighted by Gasteiger charge is -2.35. The maximum atomic E-state index is 11.6. The lowest BCUT2D eigenvalue weighted by atomic mass is 9.73. The Kier molecular flexibility index (Phi) is 7.72. The maximum absolute atomic E-state index is 11.6. The fourth-order valence-corrected chi connectivity index (χ4v) is 3.33. The van der Waals surface area contributed by atoms with Crippen molar-refractivity contribution in [1.82, 2.24) is 0 Å². The molecule has 0 aliphatic heterocycles. The highest BCUT2D eigenvalue weighted by atomic mass is 16.4. The molecule has 0 radical (unpaired) electrons. The minimum atomic E-state index is -1.07. The third-order valence-corrected chi connectivity index (χ3v) is 4.71. The van der Waals surface area contributed by atoms with Gasteiger partial charge in [0.15, 0.2) is 0 Å². The molecular formula is C16H29NO4. The average Bonchev–Trinajstić information content (AvgIpc) is 2.40. The van der Waals surface area contributed by atoms with Gasteiger partial charge in [-0.15, -0.1) is 0 Å². The monoisotopic (exact) mass is 299 g/mol. The molecule has 1 fully saturated rings. The first-order valence-corrected chi connectivity index (χ1v) is 8.21. The van der Waals surface area contributed by atoms with E-state index in [1.54, 1.807) is 0 Å². The Morgan fingerprint density at radius 3 is 2.33 bits per heavy atom. The first-order valence-electron chi connectivity index (χ1n) is 8.21. The fourth-order valence-electron chi connectivity index (χ4n) is 3.33. The van der Waals surface area contributed by atoms with E-state index in [-0.39, 0.29) is 12.3 Å². The van der Waals surface area contributed by atoms with Crippen molar-refractivity contribution in [3.8, 4) is 0 Å². The Morgan fingerprint density at radius 2 is 1.67 bits per heavy atom. The molecule has 5 heteroatoms. The number of carbonyl (C=O) groups is 2. The van der Waals surface area contributed by atoms with E-state index in [0.717, 1.165) is 51.4 Å². The SMILES string of the molecule is NC1(C(=O)O)CCCCCCC1CCCCCCC(=O)O. The molecule has 4 N–H and O–H groups in total. The number of carboxylic acid groups (broad SMARTS) is 2. The van der Waals surface area contributed by atoms with Gasteiger partial charge in [0.25, 0.3) is 0 Å². The van der Waals surface area contributed by atoms with Gasteiger partial charge in [-0.25, -0.2) is 0 Å². The number of unbranched alkanes of at least 4 members (excludes halogenated alkanes) is 3. The Bertz CT molecular complexity index is 345. The third-order valence-electron chi connectivity index (χ3n) is 4.71. The predicted octanol–water partition coefficient (Wildman–Crippen LogP) is 3.16. The summed E-state index contributed by atoms with van der Waals surface area (Å²) >= 11 is 0. The van der Waals surface area contributed by atoms with Crippen molar-refractivity contribution in [2.24, 2.45) is 11.7 Å². The van der Waals surface area contributed by atoms with E-state index in [1.807, 2.05) is 0 Å². The molecule has 1 aliphatic carbocycles. The second-order valence-corrected chi connectivity index (χ2v) is 6.34. The van der Waals surface area contributed by atoms with Gasteiger partial charge in [0.1, 0.15) is 5.54 Å². The van der Waals surface area contributed by atoms with Gasteiger partial charge in [0, 0.05) is 6.42 Å². The normalized spacial score (nSPS) is 26.8. The highest BCUT2D eigenvalue weighted by Gasteiger charge is 2.41. The lowest BCUT2D eigenvalue weighted by Crippen LogP contribution is -2.54. The lowest BCUT2D eigenvalue weighted by molar-refractivity contribution is -0.146. The van der Waals surface area contributed by atoms with Crippen molar-refractivity contribution in [2.75, 3.05) is 0 Å². The van der Waals surface area contributed by atoms with Crippen LogP contribution in [0.15, 0.2) is 0 Å². The van der Waals surface area contributed by atoms with Gasteiger partial charge in [-0.3, -0.25) is 9.59 Å². The zero-order chi connectivity index (χ0) is 15.7. The number of hydrogen-bond acceptors (Lipinski definition) is 3. The van der Waals surface area contributed by atoms with Gasteiger partial charge >= 0.3 is 11.9 Å². The van der Waals surface area contributed by atoms with E-state index in [4.69, 9.17) is 10.8 Å². The van der Waals surface area contributed by atoms with Crippen LogP contribution in [0.2, 0.25) is 0 Å². The Balaban J connectivity index is 2.40. The van der Waals surface area contributed by atoms with Gasteiger partial charge in [0.05, 0.1) is 0 Å². The summed E-state index contributed by atoms with van der Waals surface area (Å²) in [7, 11) is 0. The minimum absolute atomic E-state index is 0.0507. The highest BCUT2D eigenvalue weighted by molar-refractivity contribution is 5.78. The molecular weight excluding hydrogens is 270 g/mol. The number of carboxylic acids is 2. The van der Waals surface area contributed by atoms with E-state index in [0.29, 0.717) is 12.8 Å². The van der Waals surface area contributed by atoms with Gasteiger partial charge in [-0.1, -0.05) is 44.9 Å². The molecule has 0 heterocycles. The zero-order valence-corrected chi connectivity index (χ0v) is 12.9. The fraction of sp³-hybridized carbons (Fsp3) is 0.875. The molecule has 1 rings (SSSR count). The van der Waals surface area contributed by atoms with E-state index in [9.17, 15) is 14.7 Å². The minimum Gasteiger partial charge on any atom is -0.481 e. The van der Waals surface area contributed by atoms with E-state index < -0.39 is 17.5 Å². The van der Waals surface area contributed by atoms with Gasteiger partial charge in [0.2, 0.25) is 0 Å². The molecule has 0 aromatic rings. The first-order chi connectivity index (χ1) is 9.97. The summed E-state index contributed by atoms with van der Waals surface area (Å²) in [5, 5.41) is 18.1. The summed E-state index contributed by atoms with van der Waals surface area (Å²) in [6.07, 6.45) is 10.2. The molecule has 2 unspecified atom stereocenters. The maximum Gasteiger partial charge on any atom is 0.323 e. The van der Waals surface area contributed by atoms with E-state index >= 15 is 0 Å². The summed E-state index contributed by atoms with van der Waals surface area (Å²) in [4.78, 5) is 22.0. The summed E-state index contributed by atoms with van der Waals surface area (Å²) in [5.41, 5.74) is 5.15. The molecule has 21 heavy (non-hydrogen) atoms. The van der Waals surface area contributed by atoms with Crippen LogP contribution in [-0.4, -0.2) is 27.7 Å². The van der Waals surface area contributed by atoms with E-state index in [1.165, 1.54) is 6.42 Å². The van der Waals surface area contributed by atoms with Crippen LogP contribution in [0.5, 0.6) is 0 Å². The van der Waals surface area contributed by atoms with Crippen molar-refractivity contribution in [3.05, 3.63) is 0 Å². The van der Waals surface area contributed by atoms with Crippen molar-refractivity contribution in [2.45, 2.75) is 82.6 Å². The molecule has 1 saturated carbocycles. The molecule has 0 bridgehead atoms. The second-order valence-electron chi connectivity index (χ2n) is 6.34. The molecule has 0 aromatic carbocycles. The molecule has 0 spiro atoms. The van der Waals surface area contributed by atoms with Gasteiger partial charge in [-0.05, 0) is 31.6 Å². The molecule has 122 valence electrons. The van der Waals surface area contributed by atoms with Gasteiger partial charge in [-0.2, -0.15) is 0 Å². The van der Waals surface area contributed by atoms with Crippen LogP contribution in [0.1, 0.15) is 77.0 Å². The number of rotatable bonds is 8. The zero-order valence-electron chi connectivity index (χ0n) is 12.9. The molecule has 1 aliphatic rings. The summed E-state index contributed by atoms with van der Waals surface area (Å²) < 4.78 is 0. The van der Waals surface area contributed by atoms with Crippen molar-refractivity contribution in [1.29, 1.82) is 0 Å². The smallest absolute Gasteiger partial charge is 0.323 e. The van der Waals surface area contributed by atoms with Gasteiger partial charge < -0.3 is 15.9 Å². The van der Waals surface area contributed by atoms with Crippen molar-refractivity contribution in [3.63, 3.8) is 0 Å². The third kappa shape index (κ3) is 6.04. The average molecular weight is 299 g/mol. The first kappa shape index (κ1) is 18.0. The van der Waals surface area contributed by atoms with Crippen LogP contribution in [0.25, 0.3) is 0 Å². The summed E-state index contributed by atoms with van der Waals surface area (Å²) in [6.45, 7) is 0. The largest absolute Gasteiger partial charge is 0.481 e. The van der Waals surface area contributed by atoms with E-state index in [2.05, 4.69) is 0 Å². The number of hydrogen-bond donors (Lipinski definition) is 3. The van der Waals surface area contributed by atoms with Crippen molar-refractivity contribution < 1.29 is 19.8 Å². The van der Waals surface area contributed by atoms with Crippen LogP contribution < -0.4 is 5.73 Å². The van der Waals surface area contributed by atoms with Crippen LogP contribution >= 0.6 is 0 Å². The van der Waals surface area contributed by atoms with Crippen LogP contribution in [0, 0.1) is 5.92 Å². The Morgan fingerprint density at radius 1 is 1.00 bits per heavy atom. The van der Waals surface area contributed by atoms with Crippen LogP contribution in [-0.2, 0) is 9.59 Å². The summed E-state index contributed by atoms with van der Waals surface area (Å²) in [6, 6.07) is 0. The summed E-state index contributed by atoms with van der Waals surface area (Å²) in [5.74, 6) is -1.56. The predicted molar refractivity (Wildman–Crippen MR) is 81.1 cm³/mol. The molecule has 0 aromatic heterocycles. The molecule has 0 saturated heterocycles. The Hall–Kier alpha value is -1.10.